The Labute approximate surface area is 195 Å². The molecule has 0 aliphatic carbocycles. The Hall–Kier alpha value is -3.36. The molecule has 0 saturated carbocycles. The van der Waals surface area contributed by atoms with Gasteiger partial charge in [-0.2, -0.15) is 13.2 Å². The van der Waals surface area contributed by atoms with Gasteiger partial charge in [-0.15, -0.1) is 0 Å². The fraction of sp³-hybridized carbons (Fsp3) is 0.269. The first kappa shape index (κ1) is 23.8. The summed E-state index contributed by atoms with van der Waals surface area (Å²) in [4.78, 5) is 12.0. The number of alkyl halides is 3. The standard InChI is InChI=1S/C26H25F3N2O3/c1-33-21-14-12-18(13-15-21)16-17-25(34-24(32)26(27,28)29)30-22(19-8-4-2-5-9-19)23(31-25)20-10-6-3-7-11-20/h2-15,22-23,30-31H,16-17H2,1H3. The molecule has 8 heteroatoms. The van der Waals surface area contributed by atoms with Crippen molar-refractivity contribution in [2.45, 2.75) is 37.0 Å². The fourth-order valence-corrected chi connectivity index (χ4v) is 4.17. The molecule has 0 bridgehead atoms. The van der Waals surface area contributed by atoms with Crippen molar-refractivity contribution in [1.82, 2.24) is 10.6 Å². The molecule has 5 nitrogen and oxygen atoms in total. The second-order valence-corrected chi connectivity index (χ2v) is 8.13. The molecule has 1 heterocycles. The quantitative estimate of drug-likeness (QED) is 0.473. The number of carbonyl (C=O) groups excluding carboxylic acids is 1. The number of benzene rings is 3. The minimum atomic E-state index is -5.12. The molecular formula is C26H25F3N2O3. The van der Waals surface area contributed by atoms with Crippen LogP contribution in [0.15, 0.2) is 84.9 Å². The lowest BCUT2D eigenvalue weighted by Gasteiger charge is -2.31. The zero-order chi connectivity index (χ0) is 24.2. The molecule has 3 aromatic carbocycles. The van der Waals surface area contributed by atoms with Gasteiger partial charge >= 0.3 is 12.1 Å². The van der Waals surface area contributed by atoms with Gasteiger partial charge in [0.1, 0.15) is 5.75 Å². The van der Waals surface area contributed by atoms with Crippen LogP contribution in [-0.4, -0.2) is 25.1 Å². The van der Waals surface area contributed by atoms with Crippen LogP contribution in [0.1, 0.15) is 35.2 Å². The van der Waals surface area contributed by atoms with Crippen molar-refractivity contribution in [3.63, 3.8) is 0 Å². The average Bonchev–Trinajstić information content (AvgIpc) is 3.23. The van der Waals surface area contributed by atoms with Gasteiger partial charge in [-0.3, -0.25) is 10.6 Å². The van der Waals surface area contributed by atoms with Crippen LogP contribution in [0, 0.1) is 0 Å². The van der Waals surface area contributed by atoms with Crippen LogP contribution in [0.4, 0.5) is 13.2 Å². The van der Waals surface area contributed by atoms with Crippen LogP contribution < -0.4 is 15.4 Å². The van der Waals surface area contributed by atoms with Crippen molar-refractivity contribution in [1.29, 1.82) is 0 Å². The third kappa shape index (κ3) is 5.40. The fourth-order valence-electron chi connectivity index (χ4n) is 4.17. The lowest BCUT2D eigenvalue weighted by molar-refractivity contribution is -0.219. The Morgan fingerprint density at radius 1 is 0.853 bits per heavy atom. The van der Waals surface area contributed by atoms with Crippen LogP contribution in [0.25, 0.3) is 0 Å². The summed E-state index contributed by atoms with van der Waals surface area (Å²) in [5.74, 6) is -3.30. The molecule has 1 aliphatic rings. The van der Waals surface area contributed by atoms with Gasteiger partial charge in [-0.1, -0.05) is 72.8 Å². The first-order valence-electron chi connectivity index (χ1n) is 10.9. The number of esters is 1. The Bertz CT molecular complexity index is 1040. The van der Waals surface area contributed by atoms with E-state index in [1.54, 1.807) is 19.2 Å². The van der Waals surface area contributed by atoms with Gasteiger partial charge in [0.05, 0.1) is 19.2 Å². The minimum Gasteiger partial charge on any atom is -0.497 e. The first-order valence-corrected chi connectivity index (χ1v) is 10.9. The van der Waals surface area contributed by atoms with Crippen LogP contribution in [0.3, 0.4) is 0 Å². The molecule has 0 spiro atoms. The second kappa shape index (κ2) is 9.87. The zero-order valence-electron chi connectivity index (χ0n) is 18.5. The van der Waals surface area contributed by atoms with Crippen molar-refractivity contribution in [2.75, 3.05) is 7.11 Å². The van der Waals surface area contributed by atoms with E-state index < -0.39 is 30.1 Å². The molecule has 1 saturated heterocycles. The lowest BCUT2D eigenvalue weighted by Crippen LogP contribution is -2.55. The molecule has 2 atom stereocenters. The van der Waals surface area contributed by atoms with Gasteiger partial charge in [0, 0.05) is 6.42 Å². The highest BCUT2D eigenvalue weighted by Gasteiger charge is 2.52. The maximum absolute atomic E-state index is 13.2. The van der Waals surface area contributed by atoms with Crippen LogP contribution in [-0.2, 0) is 16.0 Å². The van der Waals surface area contributed by atoms with Crippen molar-refractivity contribution < 1.29 is 27.4 Å². The summed E-state index contributed by atoms with van der Waals surface area (Å²) < 4.78 is 49.9. The van der Waals surface area contributed by atoms with Gasteiger partial charge in [0.25, 0.3) is 0 Å². The van der Waals surface area contributed by atoms with Crippen LogP contribution >= 0.6 is 0 Å². The number of carbonyl (C=O) groups is 1. The smallest absolute Gasteiger partial charge is 0.491 e. The highest BCUT2D eigenvalue weighted by atomic mass is 19.4. The summed E-state index contributed by atoms with van der Waals surface area (Å²) in [6.07, 6.45) is -4.69. The van der Waals surface area contributed by atoms with Gasteiger partial charge in [-0.05, 0) is 35.2 Å². The highest BCUT2D eigenvalue weighted by Crippen LogP contribution is 2.39. The van der Waals surface area contributed by atoms with Gasteiger partial charge in [-0.25, -0.2) is 4.79 Å². The van der Waals surface area contributed by atoms with E-state index in [2.05, 4.69) is 10.6 Å². The summed E-state index contributed by atoms with van der Waals surface area (Å²) in [6.45, 7) is 0. The minimum absolute atomic E-state index is 0.0772. The predicted molar refractivity (Wildman–Crippen MR) is 121 cm³/mol. The van der Waals surface area contributed by atoms with E-state index in [9.17, 15) is 18.0 Å². The monoisotopic (exact) mass is 470 g/mol. The average molecular weight is 470 g/mol. The summed E-state index contributed by atoms with van der Waals surface area (Å²) in [6, 6.07) is 25.1. The zero-order valence-corrected chi connectivity index (χ0v) is 18.5. The van der Waals surface area contributed by atoms with Gasteiger partial charge in [0.2, 0.25) is 5.85 Å². The molecule has 0 radical (unpaired) electrons. The maximum Gasteiger partial charge on any atom is 0.491 e. The topological polar surface area (TPSA) is 59.6 Å². The summed E-state index contributed by atoms with van der Waals surface area (Å²) in [5, 5.41) is 6.37. The number of rotatable bonds is 7. The molecule has 1 aliphatic heterocycles. The largest absolute Gasteiger partial charge is 0.497 e. The van der Waals surface area contributed by atoms with E-state index in [0.717, 1.165) is 16.7 Å². The van der Waals surface area contributed by atoms with E-state index in [-0.39, 0.29) is 6.42 Å². The molecule has 1 fully saturated rings. The van der Waals surface area contributed by atoms with E-state index in [0.29, 0.717) is 12.2 Å². The molecule has 0 amide bonds. The van der Waals surface area contributed by atoms with Crippen LogP contribution in [0.2, 0.25) is 0 Å². The maximum atomic E-state index is 13.2. The van der Waals surface area contributed by atoms with Crippen molar-refractivity contribution in [2.24, 2.45) is 0 Å². The number of ether oxygens (including phenoxy) is 2. The van der Waals surface area contributed by atoms with E-state index in [4.69, 9.17) is 9.47 Å². The summed E-state index contributed by atoms with van der Waals surface area (Å²) in [5.41, 5.74) is 2.59. The Morgan fingerprint density at radius 3 is 1.79 bits per heavy atom. The molecule has 0 aromatic heterocycles. The van der Waals surface area contributed by atoms with Crippen LogP contribution in [0.5, 0.6) is 5.75 Å². The van der Waals surface area contributed by atoms with E-state index >= 15 is 0 Å². The number of methoxy groups -OCH3 is 1. The normalized spacial score (nSPS) is 22.4. The number of hydrogen-bond donors (Lipinski definition) is 2. The number of aryl methyl sites for hydroxylation is 1. The molecule has 4 rings (SSSR count). The third-order valence-electron chi connectivity index (χ3n) is 5.85. The molecule has 2 N–H and O–H groups in total. The van der Waals surface area contributed by atoms with Crippen molar-refractivity contribution in [3.05, 3.63) is 102 Å². The van der Waals surface area contributed by atoms with E-state index in [1.165, 1.54) is 0 Å². The summed E-state index contributed by atoms with van der Waals surface area (Å²) >= 11 is 0. The summed E-state index contributed by atoms with van der Waals surface area (Å²) in [7, 11) is 1.56. The third-order valence-corrected chi connectivity index (χ3v) is 5.85. The number of halogens is 3. The Kier molecular flexibility index (Phi) is 6.90. The SMILES string of the molecule is COc1ccc(CCC2(OC(=O)C(F)(F)F)NC(c3ccccc3)C(c3ccccc3)N2)cc1. The molecule has 2 unspecified atom stereocenters. The van der Waals surface area contributed by atoms with Gasteiger partial charge in [0.15, 0.2) is 0 Å². The lowest BCUT2D eigenvalue weighted by atomic mass is 9.95. The highest BCUT2D eigenvalue weighted by molar-refractivity contribution is 5.76. The number of hydrogen-bond acceptors (Lipinski definition) is 5. The predicted octanol–water partition coefficient (Wildman–Crippen LogP) is 5.06. The Balaban J connectivity index is 1.67. The Morgan fingerprint density at radius 2 is 1.35 bits per heavy atom. The first-order chi connectivity index (χ1) is 16.3. The second-order valence-electron chi connectivity index (χ2n) is 8.13. The van der Waals surface area contributed by atoms with Gasteiger partial charge < -0.3 is 9.47 Å². The number of nitrogens with one attached hydrogen (secondary N) is 2. The molecule has 3 aromatic rings. The molecular weight excluding hydrogens is 445 g/mol. The molecule has 178 valence electrons. The molecule has 34 heavy (non-hydrogen) atoms. The van der Waals surface area contributed by atoms with E-state index in [1.807, 2.05) is 72.8 Å². The van der Waals surface area contributed by atoms with Crippen molar-refractivity contribution >= 4 is 5.97 Å². The van der Waals surface area contributed by atoms with Crippen molar-refractivity contribution in [3.8, 4) is 5.75 Å².